The van der Waals surface area contributed by atoms with Crippen molar-refractivity contribution >= 4 is 23.0 Å². The number of amides is 1. The number of anilines is 3. The number of ether oxygens (including phenoxy) is 1. The molecule has 20 heavy (non-hydrogen) atoms. The summed E-state index contributed by atoms with van der Waals surface area (Å²) in [7, 11) is 1.73. The zero-order valence-electron chi connectivity index (χ0n) is 12.0. The Kier molecular flexibility index (Phi) is 5.24. The van der Waals surface area contributed by atoms with E-state index in [0.717, 1.165) is 55.8 Å². The van der Waals surface area contributed by atoms with Crippen molar-refractivity contribution in [3.63, 3.8) is 0 Å². The van der Waals surface area contributed by atoms with Gasteiger partial charge in [-0.3, -0.25) is 4.79 Å². The fourth-order valence-electron chi connectivity index (χ4n) is 2.37. The zero-order chi connectivity index (χ0) is 14.4. The number of benzene rings is 1. The smallest absolute Gasteiger partial charge is 0.224 e. The van der Waals surface area contributed by atoms with E-state index in [-0.39, 0.29) is 5.91 Å². The summed E-state index contributed by atoms with van der Waals surface area (Å²) in [6, 6.07) is 3.90. The fourth-order valence-corrected chi connectivity index (χ4v) is 2.37. The number of fused-ring (bicyclic) bond motifs is 1. The molecule has 5 nitrogen and oxygen atoms in total. The first-order valence-corrected chi connectivity index (χ1v) is 7.16. The molecular formula is C15H23N3O2. The average Bonchev–Trinajstić information content (AvgIpc) is 2.43. The lowest BCUT2D eigenvalue weighted by molar-refractivity contribution is -0.116. The lowest BCUT2D eigenvalue weighted by Crippen LogP contribution is -2.19. The van der Waals surface area contributed by atoms with Gasteiger partial charge in [0.25, 0.3) is 0 Å². The van der Waals surface area contributed by atoms with Crippen LogP contribution < -0.4 is 16.4 Å². The zero-order valence-corrected chi connectivity index (χ0v) is 12.0. The molecule has 0 bridgehead atoms. The summed E-state index contributed by atoms with van der Waals surface area (Å²) < 4.78 is 5.02. The highest BCUT2D eigenvalue weighted by Gasteiger charge is 2.16. The van der Waals surface area contributed by atoms with Crippen molar-refractivity contribution in [1.29, 1.82) is 0 Å². The second kappa shape index (κ2) is 7.14. The number of methoxy groups -OCH3 is 1. The first-order chi connectivity index (χ1) is 9.70. The quantitative estimate of drug-likeness (QED) is 0.528. The van der Waals surface area contributed by atoms with Crippen molar-refractivity contribution in [2.45, 2.75) is 32.1 Å². The molecule has 1 aliphatic rings. The van der Waals surface area contributed by atoms with Gasteiger partial charge in [0.15, 0.2) is 0 Å². The van der Waals surface area contributed by atoms with Crippen LogP contribution in [0.4, 0.5) is 17.1 Å². The minimum atomic E-state index is 0.0655. The van der Waals surface area contributed by atoms with E-state index in [1.54, 1.807) is 7.11 Å². The predicted octanol–water partition coefficient (Wildman–Crippen LogP) is 2.38. The fraction of sp³-hybridized carbons (Fsp3) is 0.533. The van der Waals surface area contributed by atoms with Crippen LogP contribution in [-0.2, 0) is 16.0 Å². The Labute approximate surface area is 119 Å². The van der Waals surface area contributed by atoms with Crippen LogP contribution in [0, 0.1) is 0 Å². The predicted molar refractivity (Wildman–Crippen MR) is 82.0 cm³/mol. The van der Waals surface area contributed by atoms with Gasteiger partial charge in [0, 0.05) is 32.4 Å². The van der Waals surface area contributed by atoms with Crippen LogP contribution in [0.5, 0.6) is 0 Å². The Bertz CT molecular complexity index is 474. The van der Waals surface area contributed by atoms with Crippen molar-refractivity contribution in [2.24, 2.45) is 0 Å². The Balaban J connectivity index is 1.87. The van der Waals surface area contributed by atoms with Gasteiger partial charge in [0.1, 0.15) is 0 Å². The number of carbonyl (C=O) groups excluding carboxylic acids is 1. The number of hydrogen-bond acceptors (Lipinski definition) is 4. The van der Waals surface area contributed by atoms with Crippen molar-refractivity contribution in [3.8, 4) is 0 Å². The minimum absolute atomic E-state index is 0.0655. The van der Waals surface area contributed by atoms with E-state index in [1.165, 1.54) is 0 Å². The van der Waals surface area contributed by atoms with Gasteiger partial charge in [-0.05, 0) is 43.4 Å². The third kappa shape index (κ3) is 3.87. The summed E-state index contributed by atoms with van der Waals surface area (Å²) >= 11 is 0. The van der Waals surface area contributed by atoms with E-state index in [2.05, 4.69) is 16.7 Å². The van der Waals surface area contributed by atoms with Gasteiger partial charge in [-0.25, -0.2) is 0 Å². The van der Waals surface area contributed by atoms with Gasteiger partial charge in [-0.15, -0.1) is 0 Å². The Morgan fingerprint density at radius 3 is 2.95 bits per heavy atom. The molecule has 1 heterocycles. The van der Waals surface area contributed by atoms with Crippen LogP contribution in [0.2, 0.25) is 0 Å². The second-order valence-electron chi connectivity index (χ2n) is 5.13. The van der Waals surface area contributed by atoms with Gasteiger partial charge in [-0.2, -0.15) is 0 Å². The molecule has 0 saturated carbocycles. The van der Waals surface area contributed by atoms with Crippen molar-refractivity contribution in [1.82, 2.24) is 0 Å². The maximum atomic E-state index is 11.3. The van der Waals surface area contributed by atoms with Gasteiger partial charge < -0.3 is 21.1 Å². The monoisotopic (exact) mass is 277 g/mol. The molecule has 4 N–H and O–H groups in total. The number of aryl methyl sites for hydroxylation is 1. The summed E-state index contributed by atoms with van der Waals surface area (Å²) in [5.41, 5.74) is 9.67. The summed E-state index contributed by atoms with van der Waals surface area (Å²) in [4.78, 5) is 11.3. The molecular weight excluding hydrogens is 254 g/mol. The molecule has 0 atom stereocenters. The molecule has 1 amide bonds. The number of nitrogen functional groups attached to an aromatic ring is 1. The molecule has 110 valence electrons. The van der Waals surface area contributed by atoms with Gasteiger partial charge >= 0.3 is 0 Å². The first-order valence-electron chi connectivity index (χ1n) is 7.16. The van der Waals surface area contributed by atoms with Crippen LogP contribution in [0.3, 0.4) is 0 Å². The molecule has 0 radical (unpaired) electrons. The molecule has 0 spiro atoms. The molecule has 1 aliphatic heterocycles. The van der Waals surface area contributed by atoms with Crippen LogP contribution in [-0.4, -0.2) is 26.2 Å². The molecule has 2 rings (SSSR count). The van der Waals surface area contributed by atoms with Crippen LogP contribution in [0.15, 0.2) is 12.1 Å². The molecule has 1 aromatic rings. The largest absolute Gasteiger partial charge is 0.397 e. The molecule has 0 saturated heterocycles. The highest BCUT2D eigenvalue weighted by Crippen LogP contribution is 2.30. The molecule has 1 aromatic carbocycles. The summed E-state index contributed by atoms with van der Waals surface area (Å²) in [6.45, 7) is 1.72. The maximum absolute atomic E-state index is 11.3. The van der Waals surface area contributed by atoms with Crippen molar-refractivity contribution in [2.75, 3.05) is 36.6 Å². The van der Waals surface area contributed by atoms with Crippen LogP contribution in [0.25, 0.3) is 0 Å². The van der Waals surface area contributed by atoms with Gasteiger partial charge in [0.05, 0.1) is 11.4 Å². The summed E-state index contributed by atoms with van der Waals surface area (Å²) in [5.74, 6) is 0.0655. The van der Waals surface area contributed by atoms with E-state index in [0.29, 0.717) is 12.1 Å². The lowest BCUT2D eigenvalue weighted by atomic mass is 10.0. The minimum Gasteiger partial charge on any atom is -0.397 e. The van der Waals surface area contributed by atoms with Crippen molar-refractivity contribution in [3.05, 3.63) is 17.7 Å². The number of unbranched alkanes of at least 4 members (excludes halogenated alkanes) is 2. The van der Waals surface area contributed by atoms with Crippen molar-refractivity contribution < 1.29 is 9.53 Å². The van der Waals surface area contributed by atoms with E-state index in [4.69, 9.17) is 10.5 Å². The number of rotatable bonds is 7. The maximum Gasteiger partial charge on any atom is 0.224 e. The van der Waals surface area contributed by atoms with Crippen LogP contribution in [0.1, 0.15) is 31.2 Å². The average molecular weight is 277 g/mol. The van der Waals surface area contributed by atoms with E-state index in [9.17, 15) is 4.79 Å². The number of carbonyl (C=O) groups is 1. The Morgan fingerprint density at radius 2 is 2.15 bits per heavy atom. The third-order valence-electron chi connectivity index (χ3n) is 3.51. The highest BCUT2D eigenvalue weighted by molar-refractivity contribution is 5.95. The second-order valence-corrected chi connectivity index (χ2v) is 5.13. The number of nitrogens with two attached hydrogens (primary N) is 1. The van der Waals surface area contributed by atoms with E-state index >= 15 is 0 Å². The van der Waals surface area contributed by atoms with E-state index in [1.807, 2.05) is 6.07 Å². The standard InChI is InChI=1S/C15H23N3O2/c1-20-8-4-2-3-7-17-14-9-11-5-6-15(19)18-13(11)10-12(14)16/h9-10,17H,2-8,16H2,1H3,(H,18,19). The third-order valence-corrected chi connectivity index (χ3v) is 3.51. The lowest BCUT2D eigenvalue weighted by Gasteiger charge is -2.19. The Hall–Kier alpha value is -1.75. The summed E-state index contributed by atoms with van der Waals surface area (Å²) in [5, 5.41) is 6.23. The number of hydrogen-bond donors (Lipinski definition) is 3. The number of nitrogens with one attached hydrogen (secondary N) is 2. The Morgan fingerprint density at radius 1 is 1.30 bits per heavy atom. The molecule has 0 fully saturated rings. The van der Waals surface area contributed by atoms with Gasteiger partial charge in [-0.1, -0.05) is 0 Å². The normalized spacial score (nSPS) is 13.8. The molecule has 0 aliphatic carbocycles. The van der Waals surface area contributed by atoms with Gasteiger partial charge in [0.2, 0.25) is 5.91 Å². The molecule has 0 unspecified atom stereocenters. The molecule has 5 heteroatoms. The summed E-state index contributed by atoms with van der Waals surface area (Å²) in [6.07, 6.45) is 4.65. The topological polar surface area (TPSA) is 76.4 Å². The van der Waals surface area contributed by atoms with E-state index < -0.39 is 0 Å². The van der Waals surface area contributed by atoms with Crippen LogP contribution >= 0.6 is 0 Å². The SMILES string of the molecule is COCCCCCNc1cc2c(cc1N)NC(=O)CC2. The highest BCUT2D eigenvalue weighted by atomic mass is 16.5. The first kappa shape index (κ1) is 14.7. The molecule has 0 aromatic heterocycles.